The fourth-order valence-corrected chi connectivity index (χ4v) is 2.21. The summed E-state index contributed by atoms with van der Waals surface area (Å²) in [6, 6.07) is 0. The van der Waals surface area contributed by atoms with Gasteiger partial charge in [0.05, 0.1) is 5.56 Å². The first-order chi connectivity index (χ1) is 8.95. The second-order valence-corrected chi connectivity index (χ2v) is 4.84. The van der Waals surface area contributed by atoms with Gasteiger partial charge in [0.1, 0.15) is 0 Å². The van der Waals surface area contributed by atoms with Crippen LogP contribution in [0, 0.1) is 23.3 Å². The van der Waals surface area contributed by atoms with E-state index in [1.165, 1.54) is 19.9 Å². The highest BCUT2D eigenvalue weighted by atomic mass is 19.2. The minimum atomic E-state index is -1.32. The predicted octanol–water partition coefficient (Wildman–Crippen LogP) is 5.10. The van der Waals surface area contributed by atoms with Crippen LogP contribution in [0.4, 0.5) is 17.6 Å². The van der Waals surface area contributed by atoms with Crippen LogP contribution in [0.1, 0.15) is 43.7 Å². The number of allylic oxidation sites excluding steroid dienone is 4. The lowest BCUT2D eigenvalue weighted by atomic mass is 9.93. The number of halogens is 4. The predicted molar refractivity (Wildman–Crippen MR) is 66.7 cm³/mol. The second-order valence-electron chi connectivity index (χ2n) is 4.84. The Morgan fingerprint density at radius 2 is 1.47 bits per heavy atom. The normalized spacial score (nSPS) is 15.0. The molecular weight excluding hydrogens is 256 g/mol. The molecule has 1 aromatic carbocycles. The minimum Gasteiger partial charge on any atom is -0.203 e. The standard InChI is InChI=1S/C15H14F4/c1-8(2)10-12(16)14(18)11(15(19)13(10)17)9-6-4-3-5-7-9/h4,6-8H,3,5H2,1-2H3. The van der Waals surface area contributed by atoms with Crippen LogP contribution in [0.5, 0.6) is 0 Å². The first kappa shape index (κ1) is 13.8. The second kappa shape index (κ2) is 5.19. The van der Waals surface area contributed by atoms with Crippen LogP contribution in [0.3, 0.4) is 0 Å². The summed E-state index contributed by atoms with van der Waals surface area (Å²) < 4.78 is 55.7. The zero-order valence-corrected chi connectivity index (χ0v) is 10.7. The van der Waals surface area contributed by atoms with Crippen LogP contribution in [0.15, 0.2) is 18.2 Å². The maximum absolute atomic E-state index is 14.0. The average molecular weight is 270 g/mol. The molecule has 0 atom stereocenters. The van der Waals surface area contributed by atoms with E-state index >= 15 is 0 Å². The molecule has 0 aliphatic heterocycles. The molecular formula is C15H14F4. The van der Waals surface area contributed by atoms with Crippen molar-refractivity contribution < 1.29 is 17.6 Å². The third-order valence-electron chi connectivity index (χ3n) is 3.16. The Kier molecular flexibility index (Phi) is 3.78. The lowest BCUT2D eigenvalue weighted by Gasteiger charge is -2.15. The van der Waals surface area contributed by atoms with E-state index < -0.39 is 40.3 Å². The Labute approximate surface area is 109 Å². The first-order valence-electron chi connectivity index (χ1n) is 6.18. The molecule has 4 heteroatoms. The summed E-state index contributed by atoms with van der Waals surface area (Å²) in [4.78, 5) is 0. The summed E-state index contributed by atoms with van der Waals surface area (Å²) >= 11 is 0. The molecule has 0 unspecified atom stereocenters. The molecule has 19 heavy (non-hydrogen) atoms. The summed E-state index contributed by atoms with van der Waals surface area (Å²) in [5.41, 5.74) is -0.969. The summed E-state index contributed by atoms with van der Waals surface area (Å²) in [6.45, 7) is 2.97. The van der Waals surface area contributed by atoms with E-state index in [2.05, 4.69) is 0 Å². The van der Waals surface area contributed by atoms with Crippen LogP contribution < -0.4 is 0 Å². The maximum Gasteiger partial charge on any atom is 0.170 e. The van der Waals surface area contributed by atoms with Gasteiger partial charge in [-0.3, -0.25) is 0 Å². The van der Waals surface area contributed by atoms with Gasteiger partial charge in [-0.1, -0.05) is 32.1 Å². The quantitative estimate of drug-likeness (QED) is 0.518. The topological polar surface area (TPSA) is 0 Å². The Morgan fingerprint density at radius 3 is 1.89 bits per heavy atom. The van der Waals surface area contributed by atoms with E-state index in [0.717, 1.165) is 6.42 Å². The van der Waals surface area contributed by atoms with Crippen LogP contribution in [-0.2, 0) is 0 Å². The van der Waals surface area contributed by atoms with Gasteiger partial charge in [-0.05, 0) is 24.3 Å². The highest BCUT2D eigenvalue weighted by Crippen LogP contribution is 2.34. The zero-order valence-electron chi connectivity index (χ0n) is 10.7. The van der Waals surface area contributed by atoms with Crippen LogP contribution >= 0.6 is 0 Å². The monoisotopic (exact) mass is 270 g/mol. The molecule has 0 saturated carbocycles. The van der Waals surface area contributed by atoms with Gasteiger partial charge in [0.15, 0.2) is 23.3 Å². The Hall–Kier alpha value is -1.58. The van der Waals surface area contributed by atoms with Crippen LogP contribution in [0.25, 0.3) is 5.57 Å². The van der Waals surface area contributed by atoms with E-state index in [1.807, 2.05) is 0 Å². The zero-order chi connectivity index (χ0) is 14.2. The lowest BCUT2D eigenvalue weighted by molar-refractivity contribution is 0.429. The molecule has 1 aromatic rings. The molecule has 0 fully saturated rings. The number of rotatable bonds is 2. The van der Waals surface area contributed by atoms with Gasteiger partial charge < -0.3 is 0 Å². The fraction of sp³-hybridized carbons (Fsp3) is 0.333. The molecule has 1 aliphatic carbocycles. The molecule has 2 rings (SSSR count). The van der Waals surface area contributed by atoms with Gasteiger partial charge in [-0.15, -0.1) is 0 Å². The Bertz CT molecular complexity index is 539. The SMILES string of the molecule is CC(C)c1c(F)c(F)c(C2=CCCC=C2)c(F)c1F. The Morgan fingerprint density at radius 1 is 0.895 bits per heavy atom. The third kappa shape index (κ3) is 2.31. The smallest absolute Gasteiger partial charge is 0.170 e. The van der Waals surface area contributed by atoms with Gasteiger partial charge >= 0.3 is 0 Å². The van der Waals surface area contributed by atoms with Gasteiger partial charge in [0.2, 0.25) is 0 Å². The molecule has 1 aliphatic rings. The Balaban J connectivity index is 2.70. The molecule has 0 nitrogen and oxygen atoms in total. The summed E-state index contributed by atoms with van der Waals surface area (Å²) in [7, 11) is 0. The first-order valence-corrected chi connectivity index (χ1v) is 6.18. The van der Waals surface area contributed by atoms with Crippen LogP contribution in [0.2, 0.25) is 0 Å². The lowest BCUT2D eigenvalue weighted by Crippen LogP contribution is -2.09. The molecule has 0 amide bonds. The molecule has 0 radical (unpaired) electrons. The molecule has 0 bridgehead atoms. The third-order valence-corrected chi connectivity index (χ3v) is 3.16. The minimum absolute atomic E-state index is 0.189. The van der Waals surface area contributed by atoms with E-state index in [1.54, 1.807) is 12.2 Å². The van der Waals surface area contributed by atoms with Crippen molar-refractivity contribution in [3.63, 3.8) is 0 Å². The van der Waals surface area contributed by atoms with E-state index in [9.17, 15) is 17.6 Å². The van der Waals surface area contributed by atoms with E-state index in [0.29, 0.717) is 6.42 Å². The van der Waals surface area contributed by atoms with Gasteiger partial charge in [0, 0.05) is 5.56 Å². The van der Waals surface area contributed by atoms with Gasteiger partial charge in [-0.25, -0.2) is 17.6 Å². The molecule has 102 valence electrons. The average Bonchev–Trinajstić information content (AvgIpc) is 2.38. The van der Waals surface area contributed by atoms with Gasteiger partial charge in [0.25, 0.3) is 0 Å². The molecule has 0 N–H and O–H groups in total. The molecule has 0 aromatic heterocycles. The highest BCUT2D eigenvalue weighted by molar-refractivity contribution is 5.76. The van der Waals surface area contributed by atoms with Crippen molar-refractivity contribution in [3.05, 3.63) is 52.6 Å². The van der Waals surface area contributed by atoms with Crippen molar-refractivity contribution in [2.24, 2.45) is 0 Å². The maximum atomic E-state index is 14.0. The van der Waals surface area contributed by atoms with Crippen LogP contribution in [-0.4, -0.2) is 0 Å². The van der Waals surface area contributed by atoms with E-state index in [-0.39, 0.29) is 5.57 Å². The number of hydrogen-bond acceptors (Lipinski definition) is 0. The van der Waals surface area contributed by atoms with Crippen molar-refractivity contribution in [2.75, 3.05) is 0 Å². The molecule has 0 spiro atoms. The summed E-state index contributed by atoms with van der Waals surface area (Å²) in [6.07, 6.45) is 6.14. The summed E-state index contributed by atoms with van der Waals surface area (Å²) in [5, 5.41) is 0. The van der Waals surface area contributed by atoms with Gasteiger partial charge in [-0.2, -0.15) is 0 Å². The largest absolute Gasteiger partial charge is 0.203 e. The number of hydrogen-bond donors (Lipinski definition) is 0. The van der Waals surface area contributed by atoms with Crippen molar-refractivity contribution in [3.8, 4) is 0 Å². The number of benzene rings is 1. The van der Waals surface area contributed by atoms with Crippen molar-refractivity contribution in [1.82, 2.24) is 0 Å². The summed E-state index contributed by atoms with van der Waals surface area (Å²) in [5.74, 6) is -5.87. The van der Waals surface area contributed by atoms with Crippen molar-refractivity contribution in [2.45, 2.75) is 32.6 Å². The van der Waals surface area contributed by atoms with E-state index in [4.69, 9.17) is 0 Å². The van der Waals surface area contributed by atoms with Crippen molar-refractivity contribution >= 4 is 5.57 Å². The molecule has 0 saturated heterocycles. The highest BCUT2D eigenvalue weighted by Gasteiger charge is 2.27. The van der Waals surface area contributed by atoms with Crippen molar-refractivity contribution in [1.29, 1.82) is 0 Å². The molecule has 0 heterocycles. The fourth-order valence-electron chi connectivity index (χ4n) is 2.21.